The zero-order valence-corrected chi connectivity index (χ0v) is 14.7. The largest absolute Gasteiger partial charge is 0.435 e. The molecule has 3 rings (SSSR count). The molecule has 0 amide bonds. The molecule has 1 aromatic carbocycles. The van der Waals surface area contributed by atoms with Crippen molar-refractivity contribution in [1.82, 2.24) is 14.7 Å². The van der Waals surface area contributed by atoms with Gasteiger partial charge in [-0.25, -0.2) is 0 Å². The fourth-order valence-electron chi connectivity index (χ4n) is 3.52. The summed E-state index contributed by atoms with van der Waals surface area (Å²) in [5, 5.41) is 4.38. The minimum absolute atomic E-state index is 0.206. The average molecular weight is 349 g/mol. The molecule has 2 heterocycles. The topological polar surface area (TPSA) is 30.3 Å². The molecular formula is C19H25F2N3O. The van der Waals surface area contributed by atoms with Gasteiger partial charge in [0.05, 0.1) is 6.20 Å². The molecule has 6 heteroatoms. The lowest BCUT2D eigenvalue weighted by molar-refractivity contribution is -0.0498. The molecule has 2 aromatic rings. The van der Waals surface area contributed by atoms with E-state index in [0.717, 1.165) is 38.0 Å². The van der Waals surface area contributed by atoms with Gasteiger partial charge in [0.1, 0.15) is 5.75 Å². The molecule has 0 spiro atoms. The highest BCUT2D eigenvalue weighted by atomic mass is 19.3. The highest BCUT2D eigenvalue weighted by Crippen LogP contribution is 2.32. The number of rotatable bonds is 6. The zero-order valence-electron chi connectivity index (χ0n) is 14.7. The number of ether oxygens (including phenoxy) is 1. The van der Waals surface area contributed by atoms with E-state index in [-0.39, 0.29) is 11.8 Å². The third-order valence-electron chi connectivity index (χ3n) is 5.11. The summed E-state index contributed by atoms with van der Waals surface area (Å²) in [4.78, 5) is 2.45. The molecule has 0 aliphatic carbocycles. The number of nitrogens with zero attached hydrogens (tertiary/aromatic N) is 3. The van der Waals surface area contributed by atoms with Crippen LogP contribution >= 0.6 is 0 Å². The highest BCUT2D eigenvalue weighted by molar-refractivity contribution is 5.29. The molecule has 0 N–H and O–H groups in total. The van der Waals surface area contributed by atoms with Crippen LogP contribution in [0.3, 0.4) is 0 Å². The van der Waals surface area contributed by atoms with E-state index >= 15 is 0 Å². The maximum absolute atomic E-state index is 12.2. The van der Waals surface area contributed by atoms with Crippen LogP contribution < -0.4 is 4.74 Å². The van der Waals surface area contributed by atoms with Gasteiger partial charge in [0.15, 0.2) is 0 Å². The fraction of sp³-hybridized carbons (Fsp3) is 0.526. The summed E-state index contributed by atoms with van der Waals surface area (Å²) >= 11 is 0. The molecule has 1 aromatic heterocycles. The second kappa shape index (κ2) is 7.95. The molecule has 1 atom stereocenters. The number of hydrogen-bond donors (Lipinski definition) is 0. The van der Waals surface area contributed by atoms with Crippen LogP contribution in [0.2, 0.25) is 0 Å². The number of aromatic nitrogens is 2. The molecule has 136 valence electrons. The molecular weight excluding hydrogens is 324 g/mol. The third kappa shape index (κ3) is 4.37. The van der Waals surface area contributed by atoms with Gasteiger partial charge in [0.2, 0.25) is 0 Å². The quantitative estimate of drug-likeness (QED) is 0.772. The third-order valence-corrected chi connectivity index (χ3v) is 5.11. The molecule has 1 aliphatic heterocycles. The smallest absolute Gasteiger partial charge is 0.387 e. The van der Waals surface area contributed by atoms with E-state index in [1.54, 1.807) is 12.1 Å². The Kier molecular flexibility index (Phi) is 5.68. The lowest BCUT2D eigenvalue weighted by Gasteiger charge is -2.36. The maximum Gasteiger partial charge on any atom is 0.387 e. The average Bonchev–Trinajstić information content (AvgIpc) is 3.11. The maximum atomic E-state index is 12.2. The predicted molar refractivity (Wildman–Crippen MR) is 92.9 cm³/mol. The van der Waals surface area contributed by atoms with Crippen molar-refractivity contribution in [2.75, 3.05) is 13.1 Å². The Morgan fingerprint density at radius 1 is 1.20 bits per heavy atom. The summed E-state index contributed by atoms with van der Waals surface area (Å²) in [6, 6.07) is 7.24. The molecule has 0 bridgehead atoms. The van der Waals surface area contributed by atoms with Crippen molar-refractivity contribution in [3.8, 4) is 5.75 Å². The molecule has 1 aliphatic rings. The van der Waals surface area contributed by atoms with Gasteiger partial charge in [-0.3, -0.25) is 9.58 Å². The van der Waals surface area contributed by atoms with Gasteiger partial charge < -0.3 is 4.74 Å². The predicted octanol–water partition coefficient (Wildman–Crippen LogP) is 4.45. The van der Waals surface area contributed by atoms with Crippen LogP contribution in [0.5, 0.6) is 5.75 Å². The number of aryl methyl sites for hydroxylation is 1. The van der Waals surface area contributed by atoms with Crippen molar-refractivity contribution in [2.45, 2.75) is 51.8 Å². The first kappa shape index (κ1) is 17.9. The van der Waals surface area contributed by atoms with Crippen LogP contribution in [-0.4, -0.2) is 34.4 Å². The molecule has 0 saturated carbocycles. The van der Waals surface area contributed by atoms with E-state index in [4.69, 9.17) is 0 Å². The van der Waals surface area contributed by atoms with Gasteiger partial charge in [0, 0.05) is 18.8 Å². The Bertz CT molecular complexity index is 664. The first-order chi connectivity index (χ1) is 12.1. The molecule has 25 heavy (non-hydrogen) atoms. The van der Waals surface area contributed by atoms with E-state index in [1.165, 1.54) is 5.56 Å². The Balaban J connectivity index is 1.56. The molecule has 1 saturated heterocycles. The second-order valence-corrected chi connectivity index (χ2v) is 6.56. The highest BCUT2D eigenvalue weighted by Gasteiger charge is 2.25. The molecule has 0 radical (unpaired) electrons. The van der Waals surface area contributed by atoms with E-state index < -0.39 is 6.61 Å². The Morgan fingerprint density at radius 3 is 2.44 bits per heavy atom. The first-order valence-corrected chi connectivity index (χ1v) is 8.88. The van der Waals surface area contributed by atoms with Crippen molar-refractivity contribution in [3.63, 3.8) is 0 Å². The second-order valence-electron chi connectivity index (χ2n) is 6.56. The number of halogens is 2. The zero-order chi connectivity index (χ0) is 17.8. The summed E-state index contributed by atoms with van der Waals surface area (Å²) in [7, 11) is 0. The number of hydrogen-bond acceptors (Lipinski definition) is 3. The van der Waals surface area contributed by atoms with Gasteiger partial charge in [-0.2, -0.15) is 13.9 Å². The Morgan fingerprint density at radius 2 is 1.88 bits per heavy atom. The van der Waals surface area contributed by atoms with Crippen molar-refractivity contribution < 1.29 is 13.5 Å². The lowest BCUT2D eigenvalue weighted by atomic mass is 9.90. The monoisotopic (exact) mass is 349 g/mol. The van der Waals surface area contributed by atoms with Crippen molar-refractivity contribution >= 4 is 0 Å². The minimum Gasteiger partial charge on any atom is -0.435 e. The van der Waals surface area contributed by atoms with Crippen LogP contribution in [0.4, 0.5) is 8.78 Å². The van der Waals surface area contributed by atoms with E-state index in [2.05, 4.69) is 34.8 Å². The van der Waals surface area contributed by atoms with Crippen LogP contribution in [0.25, 0.3) is 0 Å². The minimum atomic E-state index is -2.78. The Hall–Kier alpha value is -1.95. The molecule has 1 fully saturated rings. The van der Waals surface area contributed by atoms with Gasteiger partial charge >= 0.3 is 6.61 Å². The summed E-state index contributed by atoms with van der Waals surface area (Å²) in [6.45, 7) is 4.44. The summed E-state index contributed by atoms with van der Waals surface area (Å²) < 4.78 is 30.9. The van der Waals surface area contributed by atoms with Gasteiger partial charge in [-0.05, 0) is 69.0 Å². The van der Waals surface area contributed by atoms with Gasteiger partial charge in [-0.15, -0.1) is 0 Å². The van der Waals surface area contributed by atoms with E-state index in [0.29, 0.717) is 5.92 Å². The number of likely N-dealkylation sites (tertiary alicyclic amines) is 1. The van der Waals surface area contributed by atoms with Gasteiger partial charge in [0.25, 0.3) is 0 Å². The lowest BCUT2D eigenvalue weighted by Crippen LogP contribution is -2.35. The summed E-state index contributed by atoms with van der Waals surface area (Å²) in [5.41, 5.74) is 2.46. The standard InChI is InChI=1S/C19H25F2N3O/c1-3-24-13-17(12-22-24)16-8-10-23(11-9-16)14(2)15-4-6-18(7-5-15)25-19(20)21/h4-7,12-14,16,19H,3,8-11H2,1-2H3. The van der Waals surface area contributed by atoms with Crippen LogP contribution in [-0.2, 0) is 6.54 Å². The van der Waals surface area contributed by atoms with Crippen molar-refractivity contribution in [3.05, 3.63) is 47.8 Å². The summed E-state index contributed by atoms with van der Waals surface area (Å²) in [5.74, 6) is 0.781. The number of benzene rings is 1. The number of alkyl halides is 2. The van der Waals surface area contributed by atoms with Crippen LogP contribution in [0, 0.1) is 0 Å². The van der Waals surface area contributed by atoms with Crippen LogP contribution in [0.15, 0.2) is 36.7 Å². The van der Waals surface area contributed by atoms with Crippen molar-refractivity contribution in [2.24, 2.45) is 0 Å². The summed E-state index contributed by atoms with van der Waals surface area (Å²) in [6.07, 6.45) is 6.39. The molecule has 1 unspecified atom stereocenters. The van der Waals surface area contributed by atoms with E-state index in [9.17, 15) is 8.78 Å². The fourth-order valence-corrected chi connectivity index (χ4v) is 3.52. The first-order valence-electron chi connectivity index (χ1n) is 8.88. The molecule has 4 nitrogen and oxygen atoms in total. The van der Waals surface area contributed by atoms with E-state index in [1.807, 2.05) is 23.0 Å². The normalized spacial score (nSPS) is 17.8. The number of piperidine rings is 1. The van der Waals surface area contributed by atoms with Crippen molar-refractivity contribution in [1.29, 1.82) is 0 Å². The Labute approximate surface area is 147 Å². The van der Waals surface area contributed by atoms with Gasteiger partial charge in [-0.1, -0.05) is 12.1 Å². The SMILES string of the molecule is CCn1cc(C2CCN(C(C)c3ccc(OC(F)F)cc3)CC2)cn1. The van der Waals surface area contributed by atoms with Crippen LogP contribution in [0.1, 0.15) is 49.8 Å².